The van der Waals surface area contributed by atoms with E-state index in [9.17, 15) is 9.59 Å². The smallest absolute Gasteiger partial charge is 0.266 e. The Morgan fingerprint density at radius 3 is 2.58 bits per heavy atom. The highest BCUT2D eigenvalue weighted by Gasteiger charge is 2.30. The van der Waals surface area contributed by atoms with Gasteiger partial charge in [0.05, 0.1) is 4.91 Å². The third-order valence-electron chi connectivity index (χ3n) is 3.59. The van der Waals surface area contributed by atoms with E-state index in [0.717, 1.165) is 11.1 Å². The van der Waals surface area contributed by atoms with Crippen molar-refractivity contribution >= 4 is 34.8 Å². The summed E-state index contributed by atoms with van der Waals surface area (Å²) < 4.78 is 1.29. The number of hydrogen-bond donors (Lipinski definition) is 0. The van der Waals surface area contributed by atoms with Crippen molar-refractivity contribution in [3.63, 3.8) is 0 Å². The van der Waals surface area contributed by atoms with Crippen LogP contribution in [0.2, 0.25) is 0 Å². The predicted octanol–water partition coefficient (Wildman–Crippen LogP) is 2.74. The Labute approximate surface area is 143 Å². The number of rotatable bonds is 2. The van der Waals surface area contributed by atoms with Crippen molar-refractivity contribution in [1.82, 2.24) is 14.7 Å². The van der Waals surface area contributed by atoms with Crippen molar-refractivity contribution in [2.75, 3.05) is 14.1 Å². The van der Waals surface area contributed by atoms with Gasteiger partial charge < -0.3 is 0 Å². The standard InChI is InChI=1S/C17H16N4O2S/c1-11(22)21-10-13(15(19-21)12-7-5-4-6-8-12)9-14-16(23)20(3)17(18-2)24-14/h4-10H,1-3H3. The highest BCUT2D eigenvalue weighted by Crippen LogP contribution is 2.33. The number of hydrogen-bond acceptors (Lipinski definition) is 5. The Bertz CT molecular complexity index is 868. The molecular formula is C17H16N4O2S. The molecule has 24 heavy (non-hydrogen) atoms. The van der Waals surface area contributed by atoms with Gasteiger partial charge in [-0.3, -0.25) is 19.5 Å². The Kier molecular flexibility index (Phi) is 4.35. The van der Waals surface area contributed by atoms with Crippen molar-refractivity contribution in [2.24, 2.45) is 4.99 Å². The lowest BCUT2D eigenvalue weighted by Gasteiger charge is -2.05. The number of likely N-dealkylation sites (N-methyl/N-ethyl adjacent to an activating group) is 1. The molecule has 1 aliphatic rings. The molecule has 2 heterocycles. The van der Waals surface area contributed by atoms with Gasteiger partial charge in [0, 0.05) is 38.3 Å². The lowest BCUT2D eigenvalue weighted by molar-refractivity contribution is -0.121. The van der Waals surface area contributed by atoms with E-state index in [4.69, 9.17) is 0 Å². The van der Waals surface area contributed by atoms with Gasteiger partial charge in [-0.25, -0.2) is 4.68 Å². The second kappa shape index (κ2) is 6.45. The SMILES string of the molecule is CN=C1SC(=Cc2cn(C(C)=O)nc2-c2ccccc2)C(=O)N1C. The minimum absolute atomic E-state index is 0.116. The number of thioether (sulfide) groups is 1. The molecule has 2 aromatic rings. The summed E-state index contributed by atoms with van der Waals surface area (Å²) in [6.07, 6.45) is 3.41. The summed E-state index contributed by atoms with van der Waals surface area (Å²) in [6, 6.07) is 9.57. The molecule has 1 amide bonds. The summed E-state index contributed by atoms with van der Waals surface area (Å²) in [6.45, 7) is 1.45. The predicted molar refractivity (Wildman–Crippen MR) is 95.7 cm³/mol. The number of nitrogens with zero attached hydrogens (tertiary/aromatic N) is 4. The summed E-state index contributed by atoms with van der Waals surface area (Å²) in [4.78, 5) is 30.2. The fraction of sp³-hybridized carbons (Fsp3) is 0.176. The van der Waals surface area contributed by atoms with Gasteiger partial charge >= 0.3 is 0 Å². The zero-order chi connectivity index (χ0) is 17.3. The monoisotopic (exact) mass is 340 g/mol. The van der Waals surface area contributed by atoms with Crippen LogP contribution in [-0.4, -0.2) is 45.8 Å². The highest BCUT2D eigenvalue weighted by molar-refractivity contribution is 8.18. The first-order valence-electron chi connectivity index (χ1n) is 7.31. The van der Waals surface area contributed by atoms with Gasteiger partial charge in [-0.1, -0.05) is 30.3 Å². The number of amidine groups is 1. The Morgan fingerprint density at radius 1 is 1.29 bits per heavy atom. The number of amides is 1. The minimum Gasteiger partial charge on any atom is -0.290 e. The van der Waals surface area contributed by atoms with Crippen LogP contribution < -0.4 is 0 Å². The summed E-state index contributed by atoms with van der Waals surface area (Å²) in [7, 11) is 3.34. The van der Waals surface area contributed by atoms with Gasteiger partial charge in [0.25, 0.3) is 5.91 Å². The van der Waals surface area contributed by atoms with E-state index < -0.39 is 0 Å². The van der Waals surface area contributed by atoms with Gasteiger partial charge in [-0.05, 0) is 17.8 Å². The van der Waals surface area contributed by atoms with Crippen LogP contribution in [0.4, 0.5) is 0 Å². The molecule has 1 fully saturated rings. The molecule has 1 saturated heterocycles. The largest absolute Gasteiger partial charge is 0.290 e. The van der Waals surface area contributed by atoms with E-state index in [1.807, 2.05) is 30.3 Å². The van der Waals surface area contributed by atoms with E-state index in [1.54, 1.807) is 26.4 Å². The van der Waals surface area contributed by atoms with Crippen LogP contribution in [0.25, 0.3) is 17.3 Å². The van der Waals surface area contributed by atoms with Gasteiger partial charge in [0.2, 0.25) is 5.91 Å². The summed E-state index contributed by atoms with van der Waals surface area (Å²) in [5, 5.41) is 5.01. The van der Waals surface area contributed by atoms with Crippen LogP contribution in [0.15, 0.2) is 46.4 Å². The number of aliphatic imine (C=N–C) groups is 1. The summed E-state index contributed by atoms with van der Waals surface area (Å²) in [5.41, 5.74) is 2.27. The van der Waals surface area contributed by atoms with Crippen molar-refractivity contribution in [1.29, 1.82) is 0 Å². The third-order valence-corrected chi connectivity index (χ3v) is 4.75. The maximum absolute atomic E-state index is 12.3. The maximum Gasteiger partial charge on any atom is 0.266 e. The highest BCUT2D eigenvalue weighted by atomic mass is 32.2. The molecule has 6 nitrogen and oxygen atoms in total. The molecule has 1 aromatic heterocycles. The van der Waals surface area contributed by atoms with Crippen molar-refractivity contribution in [3.05, 3.63) is 47.0 Å². The van der Waals surface area contributed by atoms with E-state index in [2.05, 4.69) is 10.1 Å². The topological polar surface area (TPSA) is 67.6 Å². The molecule has 0 unspecified atom stereocenters. The number of carbonyl (C=O) groups excluding carboxylic acids is 2. The van der Waals surface area contributed by atoms with Crippen LogP contribution in [0.1, 0.15) is 17.3 Å². The first-order chi connectivity index (χ1) is 11.5. The van der Waals surface area contributed by atoms with Gasteiger partial charge in [-0.15, -0.1) is 0 Å². The molecule has 0 spiro atoms. The molecule has 0 bridgehead atoms. The van der Waals surface area contributed by atoms with Crippen molar-refractivity contribution in [2.45, 2.75) is 6.92 Å². The minimum atomic E-state index is -0.185. The third kappa shape index (κ3) is 2.90. The van der Waals surface area contributed by atoms with E-state index >= 15 is 0 Å². The number of carbonyl (C=O) groups is 2. The Hall–Kier alpha value is -2.67. The number of benzene rings is 1. The van der Waals surface area contributed by atoms with Crippen LogP contribution in [0, 0.1) is 0 Å². The van der Waals surface area contributed by atoms with Crippen molar-refractivity contribution in [3.8, 4) is 11.3 Å². The van der Waals surface area contributed by atoms with Crippen LogP contribution >= 0.6 is 11.8 Å². The zero-order valence-corrected chi connectivity index (χ0v) is 14.4. The lowest BCUT2D eigenvalue weighted by atomic mass is 10.1. The maximum atomic E-state index is 12.3. The number of aromatic nitrogens is 2. The van der Waals surface area contributed by atoms with Crippen LogP contribution in [0.5, 0.6) is 0 Å². The second-order valence-electron chi connectivity index (χ2n) is 5.24. The average Bonchev–Trinajstić information content (AvgIpc) is 3.12. The zero-order valence-electron chi connectivity index (χ0n) is 13.6. The molecule has 0 saturated carbocycles. The second-order valence-corrected chi connectivity index (χ2v) is 6.25. The van der Waals surface area contributed by atoms with Crippen molar-refractivity contribution < 1.29 is 9.59 Å². The molecule has 1 aliphatic heterocycles. The first-order valence-corrected chi connectivity index (χ1v) is 8.13. The first kappa shape index (κ1) is 16.2. The van der Waals surface area contributed by atoms with Gasteiger partial charge in [0.1, 0.15) is 5.69 Å². The molecule has 0 radical (unpaired) electrons. The lowest BCUT2D eigenvalue weighted by Crippen LogP contribution is -2.23. The molecule has 0 N–H and O–H groups in total. The molecule has 122 valence electrons. The quantitative estimate of drug-likeness (QED) is 0.789. The molecular weight excluding hydrogens is 324 g/mol. The summed E-state index contributed by atoms with van der Waals surface area (Å²) in [5.74, 6) is -0.301. The molecule has 0 atom stereocenters. The molecule has 7 heteroatoms. The van der Waals surface area contributed by atoms with E-state index in [0.29, 0.717) is 15.8 Å². The van der Waals surface area contributed by atoms with E-state index in [-0.39, 0.29) is 11.8 Å². The average molecular weight is 340 g/mol. The molecule has 0 aliphatic carbocycles. The van der Waals surface area contributed by atoms with Gasteiger partial charge in [-0.2, -0.15) is 5.10 Å². The van der Waals surface area contributed by atoms with E-state index in [1.165, 1.54) is 28.3 Å². The van der Waals surface area contributed by atoms with Crippen LogP contribution in [-0.2, 0) is 4.79 Å². The van der Waals surface area contributed by atoms with Gasteiger partial charge in [0.15, 0.2) is 5.17 Å². The molecule has 1 aromatic carbocycles. The fourth-order valence-electron chi connectivity index (χ4n) is 2.37. The van der Waals surface area contributed by atoms with Crippen LogP contribution in [0.3, 0.4) is 0 Å². The molecule has 3 rings (SSSR count). The Morgan fingerprint density at radius 2 is 2.00 bits per heavy atom. The Balaban J connectivity index is 2.10. The normalized spacial score (nSPS) is 18.0. The summed E-state index contributed by atoms with van der Waals surface area (Å²) >= 11 is 1.31. The fourth-order valence-corrected chi connectivity index (χ4v) is 3.28.